The Bertz CT molecular complexity index is 990. The number of hydrogen-bond donors (Lipinski definition) is 1. The Labute approximate surface area is 185 Å². The van der Waals surface area contributed by atoms with Gasteiger partial charge < -0.3 is 14.6 Å². The standard InChI is InChI=1S/C22H23ClN4O2S/c23-18-9-4-8-17(12-18)21(28)24-13-20-25-26-22(30-15-19-10-5-11-29-19)27(20)14-16-6-2-1-3-7-16/h1-4,6-9,12,19H,5,10-11,13-15H2,(H,24,28). The molecule has 4 rings (SSSR count). The Morgan fingerprint density at radius 2 is 2.07 bits per heavy atom. The summed E-state index contributed by atoms with van der Waals surface area (Å²) in [6, 6.07) is 17.0. The highest BCUT2D eigenvalue weighted by Gasteiger charge is 2.19. The second kappa shape index (κ2) is 10.1. The fourth-order valence-corrected chi connectivity index (χ4v) is 4.53. The van der Waals surface area contributed by atoms with E-state index >= 15 is 0 Å². The summed E-state index contributed by atoms with van der Waals surface area (Å²) in [6.45, 7) is 1.76. The van der Waals surface area contributed by atoms with Crippen LogP contribution in [0.25, 0.3) is 0 Å². The molecule has 1 aliphatic rings. The Morgan fingerprint density at radius 3 is 2.83 bits per heavy atom. The lowest BCUT2D eigenvalue weighted by molar-refractivity contribution is 0.0949. The average molecular weight is 443 g/mol. The highest BCUT2D eigenvalue weighted by Crippen LogP contribution is 2.24. The number of hydrogen-bond acceptors (Lipinski definition) is 5. The highest BCUT2D eigenvalue weighted by atomic mass is 35.5. The summed E-state index contributed by atoms with van der Waals surface area (Å²) >= 11 is 7.65. The van der Waals surface area contributed by atoms with Crippen molar-refractivity contribution in [1.29, 1.82) is 0 Å². The molecule has 0 saturated carbocycles. The van der Waals surface area contributed by atoms with Gasteiger partial charge >= 0.3 is 0 Å². The predicted molar refractivity (Wildman–Crippen MR) is 118 cm³/mol. The van der Waals surface area contributed by atoms with Gasteiger partial charge in [0.25, 0.3) is 5.91 Å². The van der Waals surface area contributed by atoms with Gasteiger partial charge in [0.2, 0.25) is 0 Å². The van der Waals surface area contributed by atoms with Gasteiger partial charge in [-0.2, -0.15) is 0 Å². The summed E-state index contributed by atoms with van der Waals surface area (Å²) in [4.78, 5) is 12.5. The molecule has 1 aromatic heterocycles. The van der Waals surface area contributed by atoms with Crippen LogP contribution in [0, 0.1) is 0 Å². The summed E-state index contributed by atoms with van der Waals surface area (Å²) in [5, 5.41) is 13.0. The van der Waals surface area contributed by atoms with Gasteiger partial charge in [0.15, 0.2) is 11.0 Å². The quantitative estimate of drug-likeness (QED) is 0.530. The summed E-state index contributed by atoms with van der Waals surface area (Å²) in [5.41, 5.74) is 1.67. The first kappa shape index (κ1) is 20.9. The van der Waals surface area contributed by atoms with Gasteiger partial charge in [0.05, 0.1) is 19.2 Å². The van der Waals surface area contributed by atoms with E-state index in [0.717, 1.165) is 35.9 Å². The first-order chi connectivity index (χ1) is 14.7. The van der Waals surface area contributed by atoms with Crippen molar-refractivity contribution in [2.45, 2.75) is 37.2 Å². The molecular weight excluding hydrogens is 420 g/mol. The maximum atomic E-state index is 12.5. The summed E-state index contributed by atoms with van der Waals surface area (Å²) in [6.07, 6.45) is 2.47. The molecule has 0 bridgehead atoms. The third-order valence-corrected chi connectivity index (χ3v) is 6.23. The van der Waals surface area contributed by atoms with Crippen molar-refractivity contribution in [2.24, 2.45) is 0 Å². The van der Waals surface area contributed by atoms with E-state index < -0.39 is 0 Å². The number of amides is 1. The molecule has 156 valence electrons. The van der Waals surface area contributed by atoms with Crippen LogP contribution in [0.5, 0.6) is 0 Å². The maximum absolute atomic E-state index is 12.5. The minimum absolute atomic E-state index is 0.194. The maximum Gasteiger partial charge on any atom is 0.251 e. The normalized spacial score (nSPS) is 16.0. The van der Waals surface area contributed by atoms with Crippen molar-refractivity contribution >= 4 is 29.3 Å². The molecule has 0 spiro atoms. The number of thioether (sulfide) groups is 1. The zero-order chi connectivity index (χ0) is 20.8. The Balaban J connectivity index is 1.48. The van der Waals surface area contributed by atoms with Crippen LogP contribution < -0.4 is 5.32 Å². The molecule has 8 heteroatoms. The van der Waals surface area contributed by atoms with E-state index in [2.05, 4.69) is 32.2 Å². The highest BCUT2D eigenvalue weighted by molar-refractivity contribution is 7.99. The van der Waals surface area contributed by atoms with Crippen LogP contribution in [-0.4, -0.2) is 39.1 Å². The lowest BCUT2D eigenvalue weighted by Crippen LogP contribution is -2.25. The lowest BCUT2D eigenvalue weighted by Gasteiger charge is -2.12. The van der Waals surface area contributed by atoms with Crippen LogP contribution in [0.1, 0.15) is 34.6 Å². The molecule has 1 aliphatic heterocycles. The van der Waals surface area contributed by atoms with E-state index in [1.54, 1.807) is 36.0 Å². The number of nitrogens with one attached hydrogen (secondary N) is 1. The zero-order valence-corrected chi connectivity index (χ0v) is 18.0. The smallest absolute Gasteiger partial charge is 0.251 e. The number of rotatable bonds is 8. The number of benzene rings is 2. The predicted octanol–water partition coefficient (Wildman–Crippen LogP) is 4.18. The molecule has 30 heavy (non-hydrogen) atoms. The molecule has 2 aromatic carbocycles. The fraction of sp³-hybridized carbons (Fsp3) is 0.318. The number of carbonyl (C=O) groups excluding carboxylic acids is 1. The van der Waals surface area contributed by atoms with E-state index in [9.17, 15) is 4.79 Å². The van der Waals surface area contributed by atoms with Gasteiger partial charge in [-0.3, -0.25) is 4.79 Å². The zero-order valence-electron chi connectivity index (χ0n) is 16.5. The van der Waals surface area contributed by atoms with Crippen LogP contribution in [0.15, 0.2) is 59.8 Å². The number of halogens is 1. The first-order valence-electron chi connectivity index (χ1n) is 9.93. The molecule has 6 nitrogen and oxygen atoms in total. The first-order valence-corrected chi connectivity index (χ1v) is 11.3. The molecule has 0 aliphatic carbocycles. The largest absolute Gasteiger partial charge is 0.377 e. The van der Waals surface area contributed by atoms with E-state index in [0.29, 0.717) is 23.0 Å². The van der Waals surface area contributed by atoms with E-state index in [-0.39, 0.29) is 18.6 Å². The van der Waals surface area contributed by atoms with Gasteiger partial charge in [-0.1, -0.05) is 59.8 Å². The van der Waals surface area contributed by atoms with Crippen molar-refractivity contribution in [2.75, 3.05) is 12.4 Å². The third-order valence-electron chi connectivity index (χ3n) is 4.89. The SMILES string of the molecule is O=C(NCc1nnc(SCC2CCCO2)n1Cc1ccccc1)c1cccc(Cl)c1. The van der Waals surface area contributed by atoms with Crippen molar-refractivity contribution in [1.82, 2.24) is 20.1 Å². The molecule has 1 atom stereocenters. The Kier molecular flexibility index (Phi) is 7.04. The van der Waals surface area contributed by atoms with Crippen molar-refractivity contribution in [3.05, 3.63) is 76.6 Å². The van der Waals surface area contributed by atoms with Gasteiger partial charge in [-0.25, -0.2) is 0 Å². The summed E-state index contributed by atoms with van der Waals surface area (Å²) in [5.74, 6) is 1.37. The minimum atomic E-state index is -0.194. The minimum Gasteiger partial charge on any atom is -0.377 e. The van der Waals surface area contributed by atoms with Crippen molar-refractivity contribution in [3.63, 3.8) is 0 Å². The Hall–Kier alpha value is -2.35. The Morgan fingerprint density at radius 1 is 1.20 bits per heavy atom. The second-order valence-electron chi connectivity index (χ2n) is 7.11. The van der Waals surface area contributed by atoms with Crippen LogP contribution in [0.4, 0.5) is 0 Å². The van der Waals surface area contributed by atoms with Crippen LogP contribution in [0.2, 0.25) is 5.02 Å². The topological polar surface area (TPSA) is 69.0 Å². The van der Waals surface area contributed by atoms with Crippen molar-refractivity contribution < 1.29 is 9.53 Å². The summed E-state index contributed by atoms with van der Waals surface area (Å²) in [7, 11) is 0. The third kappa shape index (κ3) is 5.41. The van der Waals surface area contributed by atoms with Gasteiger partial charge in [-0.05, 0) is 36.6 Å². The molecular formula is C22H23ClN4O2S. The summed E-state index contributed by atoms with van der Waals surface area (Å²) < 4.78 is 7.79. The van der Waals surface area contributed by atoms with Gasteiger partial charge in [0, 0.05) is 22.9 Å². The fourth-order valence-electron chi connectivity index (χ4n) is 3.32. The lowest BCUT2D eigenvalue weighted by atomic mass is 10.2. The van der Waals surface area contributed by atoms with Crippen LogP contribution in [-0.2, 0) is 17.8 Å². The number of aromatic nitrogens is 3. The second-order valence-corrected chi connectivity index (χ2v) is 8.53. The monoisotopic (exact) mass is 442 g/mol. The van der Waals surface area contributed by atoms with Gasteiger partial charge in [0.1, 0.15) is 0 Å². The average Bonchev–Trinajstić information content (AvgIpc) is 3.41. The molecule has 1 N–H and O–H groups in total. The van der Waals surface area contributed by atoms with Gasteiger partial charge in [-0.15, -0.1) is 10.2 Å². The van der Waals surface area contributed by atoms with E-state index in [1.165, 1.54) is 0 Å². The molecule has 1 amide bonds. The van der Waals surface area contributed by atoms with Crippen molar-refractivity contribution in [3.8, 4) is 0 Å². The molecule has 3 aromatic rings. The number of ether oxygens (including phenoxy) is 1. The molecule has 1 fully saturated rings. The molecule has 1 unspecified atom stereocenters. The number of nitrogens with zero attached hydrogens (tertiary/aromatic N) is 3. The van der Waals surface area contributed by atoms with E-state index in [1.807, 2.05) is 18.2 Å². The van der Waals surface area contributed by atoms with Crippen LogP contribution in [0.3, 0.4) is 0 Å². The molecule has 0 radical (unpaired) electrons. The number of carbonyl (C=O) groups is 1. The molecule has 1 saturated heterocycles. The van der Waals surface area contributed by atoms with E-state index in [4.69, 9.17) is 16.3 Å². The molecule has 2 heterocycles. The van der Waals surface area contributed by atoms with Crippen LogP contribution >= 0.6 is 23.4 Å².